The van der Waals surface area contributed by atoms with Crippen LogP contribution in [0.3, 0.4) is 0 Å². The number of benzene rings is 1. The van der Waals surface area contributed by atoms with E-state index in [1.54, 1.807) is 6.07 Å². The van der Waals surface area contributed by atoms with E-state index in [1.165, 1.54) is 0 Å². The molecule has 1 aliphatic heterocycles. The molecule has 1 saturated heterocycles. The Labute approximate surface area is 106 Å². The zero-order valence-electron chi connectivity index (χ0n) is 10.3. The molecule has 0 atom stereocenters. The Balaban J connectivity index is 1.87. The number of nitrogens with zero attached hydrogens (tertiary/aromatic N) is 3. The summed E-state index contributed by atoms with van der Waals surface area (Å²) in [7, 11) is 0. The van der Waals surface area contributed by atoms with Gasteiger partial charge in [0.25, 0.3) is 0 Å². The second-order valence-electron chi connectivity index (χ2n) is 4.50. The van der Waals surface area contributed by atoms with Crippen LogP contribution in [0.4, 0.5) is 5.69 Å². The first-order chi connectivity index (χ1) is 8.81. The molecule has 1 aliphatic rings. The molecule has 2 rings (SSSR count). The third kappa shape index (κ3) is 3.45. The Kier molecular flexibility index (Phi) is 4.55. The molecule has 96 valence electrons. The second-order valence-corrected chi connectivity index (χ2v) is 4.50. The van der Waals surface area contributed by atoms with Gasteiger partial charge in [-0.25, -0.2) is 0 Å². The van der Waals surface area contributed by atoms with Crippen LogP contribution in [0.25, 0.3) is 0 Å². The maximum atomic E-state index is 10.5. The minimum atomic E-state index is 0.479. The Morgan fingerprint density at radius 3 is 2.56 bits per heavy atom. The van der Waals surface area contributed by atoms with E-state index < -0.39 is 0 Å². The Hall–Kier alpha value is -1.59. The summed E-state index contributed by atoms with van der Waals surface area (Å²) >= 11 is 0. The molecular formula is C13H17N3O2. The molecule has 0 aromatic heterocycles. The summed E-state index contributed by atoms with van der Waals surface area (Å²) in [5.41, 5.74) is 1.59. The highest BCUT2D eigenvalue weighted by Crippen LogP contribution is 2.15. The van der Waals surface area contributed by atoms with Crippen molar-refractivity contribution in [2.75, 3.05) is 32.7 Å². The lowest BCUT2D eigenvalue weighted by Gasteiger charge is -2.33. The van der Waals surface area contributed by atoms with Crippen molar-refractivity contribution < 1.29 is 4.79 Å². The standard InChI is InChI=1S/C13H17N3O2/c17-9-8-15-4-6-16(7-5-15)11-12-2-1-3-13(10-12)14-18/h1-3,9-10H,4-8,11H2. The Morgan fingerprint density at radius 2 is 1.89 bits per heavy atom. The third-order valence-corrected chi connectivity index (χ3v) is 3.22. The van der Waals surface area contributed by atoms with Crippen LogP contribution in [0, 0.1) is 4.91 Å². The quantitative estimate of drug-likeness (QED) is 0.583. The van der Waals surface area contributed by atoms with Crippen molar-refractivity contribution in [3.8, 4) is 0 Å². The highest BCUT2D eigenvalue weighted by atomic mass is 16.3. The van der Waals surface area contributed by atoms with E-state index in [4.69, 9.17) is 0 Å². The maximum absolute atomic E-state index is 10.5. The van der Waals surface area contributed by atoms with Crippen molar-refractivity contribution in [1.29, 1.82) is 0 Å². The number of piperazine rings is 1. The molecule has 18 heavy (non-hydrogen) atoms. The first-order valence-electron chi connectivity index (χ1n) is 6.12. The topological polar surface area (TPSA) is 53.0 Å². The van der Waals surface area contributed by atoms with Crippen LogP contribution in [-0.2, 0) is 11.3 Å². The van der Waals surface area contributed by atoms with E-state index in [-0.39, 0.29) is 0 Å². The van der Waals surface area contributed by atoms with E-state index in [0.717, 1.165) is 44.6 Å². The van der Waals surface area contributed by atoms with Crippen LogP contribution >= 0.6 is 0 Å². The minimum Gasteiger partial charge on any atom is -0.302 e. The minimum absolute atomic E-state index is 0.479. The number of aldehydes is 1. The summed E-state index contributed by atoms with van der Waals surface area (Å²) in [5.74, 6) is 0. The van der Waals surface area contributed by atoms with Gasteiger partial charge in [0.2, 0.25) is 0 Å². The highest BCUT2D eigenvalue weighted by molar-refractivity contribution is 5.51. The molecule has 1 fully saturated rings. The number of carbonyl (C=O) groups excluding carboxylic acids is 1. The molecule has 0 radical (unpaired) electrons. The van der Waals surface area contributed by atoms with Gasteiger partial charge in [0.1, 0.15) is 12.0 Å². The molecule has 5 heteroatoms. The molecule has 0 spiro atoms. The van der Waals surface area contributed by atoms with Crippen LogP contribution < -0.4 is 0 Å². The summed E-state index contributed by atoms with van der Waals surface area (Å²) < 4.78 is 0. The van der Waals surface area contributed by atoms with Gasteiger partial charge in [-0.05, 0) is 22.9 Å². The summed E-state index contributed by atoms with van der Waals surface area (Å²) in [5, 5.41) is 2.95. The molecule has 0 bridgehead atoms. The lowest BCUT2D eigenvalue weighted by Crippen LogP contribution is -2.46. The molecule has 0 N–H and O–H groups in total. The van der Waals surface area contributed by atoms with E-state index in [2.05, 4.69) is 15.0 Å². The summed E-state index contributed by atoms with van der Waals surface area (Å²) in [6.07, 6.45) is 0.953. The van der Waals surface area contributed by atoms with E-state index >= 15 is 0 Å². The average molecular weight is 247 g/mol. The fourth-order valence-electron chi connectivity index (χ4n) is 2.21. The fourth-order valence-corrected chi connectivity index (χ4v) is 2.21. The van der Waals surface area contributed by atoms with Crippen molar-refractivity contribution in [3.63, 3.8) is 0 Å². The number of carbonyl (C=O) groups is 1. The largest absolute Gasteiger partial charge is 0.302 e. The normalized spacial score (nSPS) is 17.6. The predicted molar refractivity (Wildman–Crippen MR) is 69.7 cm³/mol. The van der Waals surface area contributed by atoms with Crippen molar-refractivity contribution in [3.05, 3.63) is 34.7 Å². The van der Waals surface area contributed by atoms with Gasteiger partial charge in [0, 0.05) is 32.7 Å². The van der Waals surface area contributed by atoms with Crippen LogP contribution in [0.1, 0.15) is 5.56 Å². The fraction of sp³-hybridized carbons (Fsp3) is 0.462. The van der Waals surface area contributed by atoms with Crippen molar-refractivity contribution in [2.24, 2.45) is 5.18 Å². The second kappa shape index (κ2) is 6.37. The number of hydrogen-bond donors (Lipinski definition) is 0. The van der Waals surface area contributed by atoms with Crippen LogP contribution in [0.5, 0.6) is 0 Å². The Morgan fingerprint density at radius 1 is 1.17 bits per heavy atom. The smallest absolute Gasteiger partial charge is 0.133 e. The molecule has 0 unspecified atom stereocenters. The van der Waals surface area contributed by atoms with E-state index in [1.807, 2.05) is 18.2 Å². The number of hydrogen-bond acceptors (Lipinski definition) is 5. The highest BCUT2D eigenvalue weighted by Gasteiger charge is 2.16. The molecule has 0 amide bonds. The number of rotatable bonds is 5. The van der Waals surface area contributed by atoms with Gasteiger partial charge in [-0.15, -0.1) is 4.91 Å². The third-order valence-electron chi connectivity index (χ3n) is 3.22. The lowest BCUT2D eigenvalue weighted by atomic mass is 10.2. The van der Waals surface area contributed by atoms with Crippen LogP contribution in [-0.4, -0.2) is 48.8 Å². The summed E-state index contributed by atoms with van der Waals surface area (Å²) in [6, 6.07) is 7.39. The SMILES string of the molecule is O=CCN1CCN(Cc2cccc(N=O)c2)CC1. The van der Waals surface area contributed by atoms with Gasteiger partial charge in [0.05, 0.1) is 6.54 Å². The van der Waals surface area contributed by atoms with Gasteiger partial charge in [0.15, 0.2) is 0 Å². The molecule has 5 nitrogen and oxygen atoms in total. The van der Waals surface area contributed by atoms with E-state index in [9.17, 15) is 9.70 Å². The molecule has 1 aromatic rings. The van der Waals surface area contributed by atoms with Crippen LogP contribution in [0.2, 0.25) is 0 Å². The Bertz CT molecular complexity index is 414. The van der Waals surface area contributed by atoms with Gasteiger partial charge in [-0.2, -0.15) is 0 Å². The molecule has 1 aromatic carbocycles. The summed E-state index contributed by atoms with van der Waals surface area (Å²) in [6.45, 7) is 5.10. The number of nitroso groups, excluding NO2 is 1. The first-order valence-corrected chi connectivity index (χ1v) is 6.12. The molecule has 0 aliphatic carbocycles. The van der Waals surface area contributed by atoms with Crippen molar-refractivity contribution in [2.45, 2.75) is 6.54 Å². The van der Waals surface area contributed by atoms with E-state index in [0.29, 0.717) is 12.2 Å². The van der Waals surface area contributed by atoms with Crippen molar-refractivity contribution >= 4 is 12.0 Å². The monoisotopic (exact) mass is 247 g/mol. The van der Waals surface area contributed by atoms with Crippen LogP contribution in [0.15, 0.2) is 29.4 Å². The molecule has 1 heterocycles. The summed E-state index contributed by atoms with van der Waals surface area (Å²) in [4.78, 5) is 25.4. The average Bonchev–Trinajstić information content (AvgIpc) is 2.42. The zero-order chi connectivity index (χ0) is 12.8. The molecular weight excluding hydrogens is 230 g/mol. The van der Waals surface area contributed by atoms with Gasteiger partial charge in [-0.3, -0.25) is 9.80 Å². The van der Waals surface area contributed by atoms with Gasteiger partial charge >= 0.3 is 0 Å². The lowest BCUT2D eigenvalue weighted by molar-refractivity contribution is -0.109. The maximum Gasteiger partial charge on any atom is 0.133 e. The van der Waals surface area contributed by atoms with Gasteiger partial charge < -0.3 is 4.79 Å². The molecule has 0 saturated carbocycles. The van der Waals surface area contributed by atoms with Gasteiger partial charge in [-0.1, -0.05) is 12.1 Å². The van der Waals surface area contributed by atoms with Crippen molar-refractivity contribution in [1.82, 2.24) is 9.80 Å². The zero-order valence-corrected chi connectivity index (χ0v) is 10.3. The predicted octanol–water partition coefficient (Wildman–Crippen LogP) is 1.40. The first kappa shape index (κ1) is 12.9.